The zero-order valence-electron chi connectivity index (χ0n) is 17.0. The van der Waals surface area contributed by atoms with Gasteiger partial charge >= 0.3 is 17.8 Å². The number of anilines is 1. The molecule has 0 atom stereocenters. The van der Waals surface area contributed by atoms with Crippen molar-refractivity contribution in [1.29, 1.82) is 0 Å². The maximum Gasteiger partial charge on any atom is 0.317 e. The highest BCUT2D eigenvalue weighted by molar-refractivity contribution is 7.98. The van der Waals surface area contributed by atoms with Gasteiger partial charge in [0.05, 0.1) is 5.69 Å². The molecular formula is C20H30N4O3S. The van der Waals surface area contributed by atoms with Gasteiger partial charge in [-0.05, 0) is 57.9 Å². The number of nitrogens with zero attached hydrogens (tertiary/aromatic N) is 1. The minimum atomic E-state index is -0.663. The van der Waals surface area contributed by atoms with Gasteiger partial charge in [0.25, 0.3) is 0 Å². The lowest BCUT2D eigenvalue weighted by molar-refractivity contribution is -0.136. The van der Waals surface area contributed by atoms with Crippen molar-refractivity contribution in [3.8, 4) is 0 Å². The molecule has 1 heterocycles. The Labute approximate surface area is 171 Å². The highest BCUT2D eigenvalue weighted by Crippen LogP contribution is 2.24. The number of rotatable bonds is 4. The molecule has 0 aromatic heterocycles. The predicted octanol–water partition coefficient (Wildman–Crippen LogP) is 2.68. The fourth-order valence-corrected chi connectivity index (χ4v) is 3.54. The van der Waals surface area contributed by atoms with Gasteiger partial charge in [0.1, 0.15) is 0 Å². The van der Waals surface area contributed by atoms with Crippen LogP contribution >= 0.6 is 11.8 Å². The summed E-state index contributed by atoms with van der Waals surface area (Å²) < 4.78 is 0. The average Bonchev–Trinajstić information content (AvgIpc) is 2.65. The van der Waals surface area contributed by atoms with Crippen molar-refractivity contribution in [2.45, 2.75) is 44.0 Å². The molecule has 0 aliphatic carbocycles. The molecule has 0 radical (unpaired) electrons. The number of hydrogen-bond donors (Lipinski definition) is 3. The zero-order valence-corrected chi connectivity index (χ0v) is 17.8. The monoisotopic (exact) mass is 406 g/mol. The van der Waals surface area contributed by atoms with Gasteiger partial charge in [0.2, 0.25) is 0 Å². The molecule has 0 bridgehead atoms. The van der Waals surface area contributed by atoms with E-state index < -0.39 is 11.8 Å². The summed E-state index contributed by atoms with van der Waals surface area (Å²) in [4.78, 5) is 39.1. The van der Waals surface area contributed by atoms with Crippen molar-refractivity contribution in [2.24, 2.45) is 5.92 Å². The Bertz CT molecular complexity index is 710. The third-order valence-electron chi connectivity index (χ3n) is 4.50. The molecule has 2 rings (SSSR count). The van der Waals surface area contributed by atoms with Crippen molar-refractivity contribution < 1.29 is 14.4 Å². The van der Waals surface area contributed by atoms with Crippen LogP contribution in [-0.4, -0.2) is 54.2 Å². The molecule has 0 spiro atoms. The first kappa shape index (κ1) is 22.1. The lowest BCUT2D eigenvalue weighted by atomic mass is 9.97. The molecule has 1 fully saturated rings. The number of carbonyl (C=O) groups is 3. The molecule has 7 nitrogen and oxygen atoms in total. The molecule has 154 valence electrons. The second-order valence-electron chi connectivity index (χ2n) is 7.98. The standard InChI is InChI=1S/C20H30N4O3S/c1-20(2,3)23-19(27)24-11-9-14(10-12-24)13-21-17(25)18(26)22-15-7-5-6-8-16(15)28-4/h5-8,14H,9-13H2,1-4H3,(H,21,25)(H,22,26)(H,23,27). The Morgan fingerprint density at radius 1 is 1.11 bits per heavy atom. The first-order valence-electron chi connectivity index (χ1n) is 9.49. The number of amides is 4. The van der Waals surface area contributed by atoms with E-state index in [0.29, 0.717) is 25.3 Å². The van der Waals surface area contributed by atoms with E-state index in [4.69, 9.17) is 0 Å². The molecule has 3 N–H and O–H groups in total. The average molecular weight is 407 g/mol. The summed E-state index contributed by atoms with van der Waals surface area (Å²) in [5.74, 6) is -1.04. The van der Waals surface area contributed by atoms with Gasteiger partial charge < -0.3 is 20.9 Å². The number of para-hydroxylation sites is 1. The Morgan fingerprint density at radius 2 is 1.75 bits per heavy atom. The SMILES string of the molecule is CSc1ccccc1NC(=O)C(=O)NCC1CCN(C(=O)NC(C)(C)C)CC1. The van der Waals surface area contributed by atoms with Gasteiger partial charge in [-0.15, -0.1) is 11.8 Å². The maximum atomic E-state index is 12.2. The van der Waals surface area contributed by atoms with E-state index in [1.807, 2.05) is 45.2 Å². The van der Waals surface area contributed by atoms with E-state index in [2.05, 4.69) is 16.0 Å². The number of urea groups is 1. The Hall–Kier alpha value is -2.22. The maximum absolute atomic E-state index is 12.2. The lowest BCUT2D eigenvalue weighted by Crippen LogP contribution is -2.51. The number of benzene rings is 1. The van der Waals surface area contributed by atoms with E-state index in [1.54, 1.807) is 11.0 Å². The summed E-state index contributed by atoms with van der Waals surface area (Å²) in [6.07, 6.45) is 3.52. The van der Waals surface area contributed by atoms with E-state index in [1.165, 1.54) is 11.8 Å². The van der Waals surface area contributed by atoms with Crippen LogP contribution in [0.15, 0.2) is 29.2 Å². The van der Waals surface area contributed by atoms with Crippen molar-refractivity contribution in [1.82, 2.24) is 15.5 Å². The summed E-state index contributed by atoms with van der Waals surface area (Å²) in [5.41, 5.74) is 0.373. The van der Waals surface area contributed by atoms with E-state index in [9.17, 15) is 14.4 Å². The molecular weight excluding hydrogens is 376 g/mol. The van der Waals surface area contributed by atoms with Gasteiger partial charge in [-0.2, -0.15) is 0 Å². The van der Waals surface area contributed by atoms with Crippen LogP contribution in [0.2, 0.25) is 0 Å². The topological polar surface area (TPSA) is 90.5 Å². The van der Waals surface area contributed by atoms with E-state index in [0.717, 1.165) is 17.7 Å². The van der Waals surface area contributed by atoms with Crippen LogP contribution in [0.3, 0.4) is 0 Å². The minimum absolute atomic E-state index is 0.0539. The molecule has 0 unspecified atom stereocenters. The summed E-state index contributed by atoms with van der Waals surface area (Å²) in [7, 11) is 0. The Morgan fingerprint density at radius 3 is 2.36 bits per heavy atom. The van der Waals surface area contributed by atoms with Crippen LogP contribution in [0, 0.1) is 5.92 Å². The third-order valence-corrected chi connectivity index (χ3v) is 5.29. The van der Waals surface area contributed by atoms with Crippen molar-refractivity contribution in [3.63, 3.8) is 0 Å². The third kappa shape index (κ3) is 6.74. The van der Waals surface area contributed by atoms with Gasteiger partial charge in [-0.25, -0.2) is 4.79 Å². The van der Waals surface area contributed by atoms with Gasteiger partial charge in [-0.3, -0.25) is 9.59 Å². The Balaban J connectivity index is 1.75. The fourth-order valence-electron chi connectivity index (χ4n) is 2.98. The highest BCUT2D eigenvalue weighted by Gasteiger charge is 2.26. The summed E-state index contributed by atoms with van der Waals surface area (Å²) >= 11 is 1.51. The first-order valence-corrected chi connectivity index (χ1v) is 10.7. The van der Waals surface area contributed by atoms with Crippen molar-refractivity contribution in [2.75, 3.05) is 31.2 Å². The van der Waals surface area contributed by atoms with Gasteiger partial charge in [0, 0.05) is 30.1 Å². The highest BCUT2D eigenvalue weighted by atomic mass is 32.2. The fraction of sp³-hybridized carbons (Fsp3) is 0.550. The normalized spacial score (nSPS) is 15.1. The molecule has 1 aliphatic rings. The summed E-state index contributed by atoms with van der Waals surface area (Å²) in [6.45, 7) is 7.60. The molecule has 4 amide bonds. The molecule has 0 saturated carbocycles. The number of thioether (sulfide) groups is 1. The van der Waals surface area contributed by atoms with Crippen LogP contribution < -0.4 is 16.0 Å². The van der Waals surface area contributed by atoms with Crippen LogP contribution in [0.4, 0.5) is 10.5 Å². The number of nitrogens with one attached hydrogen (secondary N) is 3. The second-order valence-corrected chi connectivity index (χ2v) is 8.82. The summed E-state index contributed by atoms with van der Waals surface area (Å²) in [5, 5.41) is 8.34. The number of hydrogen-bond acceptors (Lipinski definition) is 4. The molecule has 8 heteroatoms. The quantitative estimate of drug-likeness (QED) is 0.530. The zero-order chi connectivity index (χ0) is 20.7. The van der Waals surface area contributed by atoms with Gasteiger partial charge in [-0.1, -0.05) is 12.1 Å². The predicted molar refractivity (Wildman–Crippen MR) is 112 cm³/mol. The number of likely N-dealkylation sites (tertiary alicyclic amines) is 1. The van der Waals surface area contributed by atoms with Gasteiger partial charge in [0.15, 0.2) is 0 Å². The van der Waals surface area contributed by atoms with E-state index >= 15 is 0 Å². The second kappa shape index (κ2) is 9.82. The number of carbonyl (C=O) groups excluding carboxylic acids is 3. The van der Waals surface area contributed by atoms with Crippen LogP contribution in [0.1, 0.15) is 33.6 Å². The van der Waals surface area contributed by atoms with Crippen LogP contribution in [0.5, 0.6) is 0 Å². The first-order chi connectivity index (χ1) is 13.2. The largest absolute Gasteiger partial charge is 0.348 e. The van der Waals surface area contributed by atoms with Crippen molar-refractivity contribution in [3.05, 3.63) is 24.3 Å². The smallest absolute Gasteiger partial charge is 0.317 e. The van der Waals surface area contributed by atoms with Crippen molar-refractivity contribution >= 4 is 35.3 Å². The van der Waals surface area contributed by atoms with Crippen LogP contribution in [-0.2, 0) is 9.59 Å². The van der Waals surface area contributed by atoms with Crippen LogP contribution in [0.25, 0.3) is 0 Å². The Kier molecular flexibility index (Phi) is 7.74. The molecule has 1 aliphatic heterocycles. The minimum Gasteiger partial charge on any atom is -0.348 e. The summed E-state index contributed by atoms with van der Waals surface area (Å²) in [6, 6.07) is 7.31. The van der Waals surface area contributed by atoms with E-state index in [-0.39, 0.29) is 17.5 Å². The number of piperidine rings is 1. The molecule has 1 aromatic rings. The molecule has 1 saturated heterocycles. The lowest BCUT2D eigenvalue weighted by Gasteiger charge is -2.34. The molecule has 28 heavy (non-hydrogen) atoms. The molecule has 1 aromatic carbocycles.